The van der Waals surface area contributed by atoms with E-state index in [1.807, 2.05) is 18.2 Å². The Labute approximate surface area is 159 Å². The molecule has 1 heterocycles. The van der Waals surface area contributed by atoms with Crippen LogP contribution in [0, 0.1) is 0 Å². The molecule has 3 rings (SSSR count). The van der Waals surface area contributed by atoms with Crippen molar-refractivity contribution < 1.29 is 9.53 Å². The zero-order chi connectivity index (χ0) is 18.7. The fourth-order valence-electron chi connectivity index (χ4n) is 2.67. The third-order valence-electron chi connectivity index (χ3n) is 3.87. The van der Waals surface area contributed by atoms with E-state index < -0.39 is 11.5 Å². The third-order valence-corrected chi connectivity index (χ3v) is 4.47. The van der Waals surface area contributed by atoms with Crippen molar-refractivity contribution in [1.29, 1.82) is 0 Å². The van der Waals surface area contributed by atoms with E-state index in [1.165, 1.54) is 0 Å². The molecule has 0 bridgehead atoms. The molecule has 0 aliphatic carbocycles. The highest BCUT2D eigenvalue weighted by molar-refractivity contribution is 6.32. The van der Waals surface area contributed by atoms with Crippen LogP contribution in [0.15, 0.2) is 47.3 Å². The highest BCUT2D eigenvalue weighted by Gasteiger charge is 2.21. The molecule has 0 saturated heterocycles. The Hall–Kier alpha value is -2.50. The Bertz CT molecular complexity index is 1030. The summed E-state index contributed by atoms with van der Waals surface area (Å²) in [5.41, 5.74) is 1.15. The van der Waals surface area contributed by atoms with Crippen LogP contribution in [0.5, 0.6) is 0 Å². The number of hydrogen-bond acceptors (Lipinski definition) is 4. The number of halogens is 2. The van der Waals surface area contributed by atoms with Gasteiger partial charge < -0.3 is 15.0 Å². The second-order valence-electron chi connectivity index (χ2n) is 5.56. The van der Waals surface area contributed by atoms with Gasteiger partial charge in [0, 0.05) is 22.0 Å². The van der Waals surface area contributed by atoms with Crippen molar-refractivity contribution in [3.05, 3.63) is 74.0 Å². The summed E-state index contributed by atoms with van der Waals surface area (Å²) in [5, 5.41) is 4.85. The highest BCUT2D eigenvalue weighted by atomic mass is 35.5. The molecule has 1 aromatic heterocycles. The highest BCUT2D eigenvalue weighted by Crippen LogP contribution is 2.28. The van der Waals surface area contributed by atoms with Gasteiger partial charge in [-0.3, -0.25) is 4.79 Å². The summed E-state index contributed by atoms with van der Waals surface area (Å²) in [6, 6.07) is 12.4. The topological polar surface area (TPSA) is 71.2 Å². The number of hydrogen-bond donors (Lipinski definition) is 2. The number of carbonyl (C=O) groups excluding carboxylic acids is 1. The number of benzene rings is 2. The first-order chi connectivity index (χ1) is 12.5. The largest absolute Gasteiger partial charge is 0.462 e. The second-order valence-corrected chi connectivity index (χ2v) is 6.40. The lowest BCUT2D eigenvalue weighted by molar-refractivity contribution is 0.0525. The van der Waals surface area contributed by atoms with Crippen molar-refractivity contribution in [3.63, 3.8) is 0 Å². The van der Waals surface area contributed by atoms with E-state index in [2.05, 4.69) is 10.3 Å². The first-order valence-corrected chi connectivity index (χ1v) is 8.76. The number of H-pyrrole nitrogens is 1. The Morgan fingerprint density at radius 2 is 1.96 bits per heavy atom. The number of anilines is 1. The van der Waals surface area contributed by atoms with Gasteiger partial charge in [0.15, 0.2) is 0 Å². The Balaban J connectivity index is 2.14. The second kappa shape index (κ2) is 7.81. The molecule has 0 saturated carbocycles. The molecule has 0 aliphatic heterocycles. The number of carbonyl (C=O) groups is 1. The monoisotopic (exact) mass is 390 g/mol. The minimum absolute atomic E-state index is 0.0892. The number of esters is 1. The van der Waals surface area contributed by atoms with Crippen molar-refractivity contribution in [1.82, 2.24) is 4.98 Å². The van der Waals surface area contributed by atoms with Gasteiger partial charge in [-0.25, -0.2) is 4.79 Å². The molecule has 26 heavy (non-hydrogen) atoms. The van der Waals surface area contributed by atoms with Crippen molar-refractivity contribution in [2.45, 2.75) is 13.5 Å². The molecule has 0 unspecified atom stereocenters. The van der Waals surface area contributed by atoms with E-state index in [1.54, 1.807) is 31.2 Å². The third kappa shape index (κ3) is 3.69. The number of ether oxygens (including phenoxy) is 1. The molecule has 2 N–H and O–H groups in total. The van der Waals surface area contributed by atoms with E-state index in [4.69, 9.17) is 27.9 Å². The summed E-state index contributed by atoms with van der Waals surface area (Å²) in [7, 11) is 0. The molecule has 2 aromatic carbocycles. The number of aromatic nitrogens is 1. The molecular formula is C19H16Cl2N2O3. The molecule has 0 atom stereocenters. The van der Waals surface area contributed by atoms with Gasteiger partial charge in [-0.15, -0.1) is 0 Å². The zero-order valence-corrected chi connectivity index (χ0v) is 15.4. The maximum Gasteiger partial charge on any atom is 0.345 e. The van der Waals surface area contributed by atoms with E-state index in [0.29, 0.717) is 33.2 Å². The van der Waals surface area contributed by atoms with Crippen LogP contribution in [0.3, 0.4) is 0 Å². The molecule has 0 radical (unpaired) electrons. The van der Waals surface area contributed by atoms with Crippen LogP contribution >= 0.6 is 23.2 Å². The number of nitrogens with one attached hydrogen (secondary N) is 2. The predicted octanol–water partition coefficient (Wildman–Crippen LogP) is 4.62. The van der Waals surface area contributed by atoms with Gasteiger partial charge in [-0.2, -0.15) is 0 Å². The van der Waals surface area contributed by atoms with Crippen LogP contribution in [0.25, 0.3) is 10.9 Å². The lowest BCUT2D eigenvalue weighted by atomic mass is 10.1. The molecule has 5 nitrogen and oxygen atoms in total. The van der Waals surface area contributed by atoms with E-state index >= 15 is 0 Å². The zero-order valence-electron chi connectivity index (χ0n) is 13.9. The Morgan fingerprint density at radius 1 is 1.19 bits per heavy atom. The summed E-state index contributed by atoms with van der Waals surface area (Å²) in [6.07, 6.45) is 0. The van der Waals surface area contributed by atoms with Gasteiger partial charge in [0.1, 0.15) is 5.56 Å². The number of pyridine rings is 1. The number of fused-ring (bicyclic) bond motifs is 1. The average molecular weight is 391 g/mol. The Kier molecular flexibility index (Phi) is 5.49. The molecule has 0 spiro atoms. The van der Waals surface area contributed by atoms with Crippen LogP contribution in [0.2, 0.25) is 10.0 Å². The normalized spacial score (nSPS) is 10.7. The van der Waals surface area contributed by atoms with Gasteiger partial charge in [-0.05, 0) is 36.8 Å². The van der Waals surface area contributed by atoms with Gasteiger partial charge in [0.05, 0.1) is 17.8 Å². The minimum Gasteiger partial charge on any atom is -0.462 e. The van der Waals surface area contributed by atoms with Crippen molar-refractivity contribution in [3.8, 4) is 0 Å². The van der Waals surface area contributed by atoms with Crippen LogP contribution in [-0.2, 0) is 11.3 Å². The van der Waals surface area contributed by atoms with E-state index in [-0.39, 0.29) is 12.2 Å². The molecule has 7 heteroatoms. The summed E-state index contributed by atoms with van der Waals surface area (Å²) < 4.78 is 5.05. The lowest BCUT2D eigenvalue weighted by Crippen LogP contribution is -2.23. The van der Waals surface area contributed by atoms with Gasteiger partial charge >= 0.3 is 5.97 Å². The van der Waals surface area contributed by atoms with Crippen LogP contribution in [0.1, 0.15) is 22.8 Å². The van der Waals surface area contributed by atoms with E-state index in [9.17, 15) is 9.59 Å². The first-order valence-electron chi connectivity index (χ1n) is 8.01. The molecule has 0 aliphatic rings. The maximum absolute atomic E-state index is 12.5. The van der Waals surface area contributed by atoms with Crippen LogP contribution in [0.4, 0.5) is 5.69 Å². The summed E-state index contributed by atoms with van der Waals surface area (Å²) in [5.74, 6) is -0.697. The van der Waals surface area contributed by atoms with Crippen molar-refractivity contribution >= 4 is 45.8 Å². The number of aromatic amines is 1. The number of rotatable bonds is 5. The van der Waals surface area contributed by atoms with Crippen LogP contribution < -0.4 is 10.9 Å². The average Bonchev–Trinajstić information content (AvgIpc) is 2.61. The van der Waals surface area contributed by atoms with Crippen molar-refractivity contribution in [2.75, 3.05) is 11.9 Å². The molecule has 134 valence electrons. The molecular weight excluding hydrogens is 375 g/mol. The summed E-state index contributed by atoms with van der Waals surface area (Å²) in [6.45, 7) is 2.17. The molecule has 0 fully saturated rings. The Morgan fingerprint density at radius 3 is 2.69 bits per heavy atom. The minimum atomic E-state index is -0.697. The van der Waals surface area contributed by atoms with Gasteiger partial charge in [0.25, 0.3) is 5.56 Å². The quantitative estimate of drug-likeness (QED) is 0.623. The fourth-order valence-corrected chi connectivity index (χ4v) is 3.05. The smallest absolute Gasteiger partial charge is 0.345 e. The predicted molar refractivity (Wildman–Crippen MR) is 104 cm³/mol. The summed E-state index contributed by atoms with van der Waals surface area (Å²) >= 11 is 12.3. The van der Waals surface area contributed by atoms with Crippen molar-refractivity contribution in [2.24, 2.45) is 0 Å². The lowest BCUT2D eigenvalue weighted by Gasteiger charge is -2.15. The fraction of sp³-hybridized carbons (Fsp3) is 0.158. The first kappa shape index (κ1) is 18.3. The molecule has 3 aromatic rings. The standard InChI is InChI=1S/C19H16Cl2N2O3/c1-2-26-19(25)16-17(22-10-11-5-3-4-6-14(11)21)13-9-12(20)7-8-15(13)23-18(16)24/h3-9H,2,10H2,1H3,(H2,22,23,24). The SMILES string of the molecule is CCOC(=O)c1c(NCc2ccccc2Cl)c2cc(Cl)ccc2[nH]c1=O. The van der Waals surface area contributed by atoms with Gasteiger partial charge in [0.2, 0.25) is 0 Å². The summed E-state index contributed by atoms with van der Waals surface area (Å²) in [4.78, 5) is 27.5. The van der Waals surface area contributed by atoms with E-state index in [0.717, 1.165) is 5.56 Å². The molecule has 0 amide bonds. The van der Waals surface area contributed by atoms with Crippen LogP contribution in [-0.4, -0.2) is 17.6 Å². The van der Waals surface area contributed by atoms with Gasteiger partial charge in [-0.1, -0.05) is 41.4 Å². The maximum atomic E-state index is 12.5.